The van der Waals surface area contributed by atoms with Crippen LogP contribution in [-0.2, 0) is 14.1 Å². The summed E-state index contributed by atoms with van der Waals surface area (Å²) in [4.78, 5) is 10.2. The molecule has 0 bridgehead atoms. The first-order valence-electron chi connectivity index (χ1n) is 5.50. The Balaban J connectivity index is 0.000000211. The minimum absolute atomic E-state index is 0.0532. The van der Waals surface area contributed by atoms with Gasteiger partial charge in [0.15, 0.2) is 6.29 Å². The molecule has 0 N–H and O–H groups in total. The van der Waals surface area contributed by atoms with Crippen molar-refractivity contribution in [3.63, 3.8) is 0 Å². The van der Waals surface area contributed by atoms with Crippen molar-refractivity contribution < 1.29 is 22.4 Å². The van der Waals surface area contributed by atoms with Crippen molar-refractivity contribution in [2.24, 2.45) is 14.1 Å². The van der Waals surface area contributed by atoms with Gasteiger partial charge in [-0.25, -0.2) is 17.9 Å². The topological polar surface area (TPSA) is 52.7 Å². The molecule has 0 aliphatic heterocycles. The third kappa shape index (κ3) is 4.55. The molecule has 0 saturated heterocycles. The van der Waals surface area contributed by atoms with Crippen LogP contribution in [-0.4, -0.2) is 25.8 Å². The molecule has 2 aromatic rings. The SMILES string of the molecule is Cn1cc(C=O)c(C(F)F)n1.Cn1nc(C(F)Cl)cc1F. The van der Waals surface area contributed by atoms with Crippen LogP contribution in [0.15, 0.2) is 12.3 Å². The minimum Gasteiger partial charge on any atom is -0.298 e. The fourth-order valence-electron chi connectivity index (χ4n) is 1.36. The van der Waals surface area contributed by atoms with Gasteiger partial charge in [-0.15, -0.1) is 0 Å². The molecule has 116 valence electrons. The normalized spacial score (nSPS) is 12.0. The Morgan fingerprint density at radius 2 is 1.90 bits per heavy atom. The van der Waals surface area contributed by atoms with Crippen LogP contribution in [0, 0.1) is 5.95 Å². The number of aromatic nitrogens is 4. The van der Waals surface area contributed by atoms with Crippen LogP contribution in [0.3, 0.4) is 0 Å². The lowest BCUT2D eigenvalue weighted by Crippen LogP contribution is -1.94. The van der Waals surface area contributed by atoms with Gasteiger partial charge >= 0.3 is 0 Å². The zero-order valence-electron chi connectivity index (χ0n) is 11.0. The molecule has 0 spiro atoms. The average Bonchev–Trinajstić information content (AvgIpc) is 2.94. The predicted molar refractivity (Wildman–Crippen MR) is 66.4 cm³/mol. The van der Waals surface area contributed by atoms with Gasteiger partial charge in [0.2, 0.25) is 11.6 Å². The summed E-state index contributed by atoms with van der Waals surface area (Å²) in [6, 6.07) is 0.956. The molecule has 2 heterocycles. The molecule has 0 amide bonds. The zero-order chi connectivity index (χ0) is 16.2. The van der Waals surface area contributed by atoms with E-state index < -0.39 is 23.7 Å². The number of hydrogen-bond acceptors (Lipinski definition) is 3. The summed E-state index contributed by atoms with van der Waals surface area (Å²) in [5.74, 6) is -0.599. The summed E-state index contributed by atoms with van der Waals surface area (Å²) >= 11 is 4.98. The van der Waals surface area contributed by atoms with Crippen molar-refractivity contribution >= 4 is 17.9 Å². The van der Waals surface area contributed by atoms with Crippen LogP contribution in [0.1, 0.15) is 33.8 Å². The molecule has 1 unspecified atom stereocenters. The van der Waals surface area contributed by atoms with Crippen molar-refractivity contribution in [1.29, 1.82) is 0 Å². The highest BCUT2D eigenvalue weighted by atomic mass is 35.5. The maximum atomic E-state index is 12.4. The third-order valence-corrected chi connectivity index (χ3v) is 2.51. The van der Waals surface area contributed by atoms with E-state index in [0.717, 1.165) is 10.7 Å². The highest BCUT2D eigenvalue weighted by Crippen LogP contribution is 2.20. The number of aryl methyl sites for hydroxylation is 2. The Bertz CT molecular complexity index is 592. The maximum Gasteiger partial charge on any atom is 0.282 e. The van der Waals surface area contributed by atoms with Gasteiger partial charge in [-0.3, -0.25) is 9.48 Å². The largest absolute Gasteiger partial charge is 0.298 e. The second-order valence-corrected chi connectivity index (χ2v) is 4.26. The first kappa shape index (κ1) is 17.2. The molecule has 0 fully saturated rings. The van der Waals surface area contributed by atoms with Crippen LogP contribution in [0.25, 0.3) is 0 Å². The van der Waals surface area contributed by atoms with E-state index in [4.69, 9.17) is 11.6 Å². The van der Waals surface area contributed by atoms with Crippen LogP contribution in [0.2, 0.25) is 0 Å². The Kier molecular flexibility index (Phi) is 5.89. The number of carbonyl (C=O) groups excluding carboxylic acids is 1. The highest BCUT2D eigenvalue weighted by molar-refractivity contribution is 6.19. The lowest BCUT2D eigenvalue weighted by Gasteiger charge is -1.91. The third-order valence-electron chi connectivity index (χ3n) is 2.29. The zero-order valence-corrected chi connectivity index (χ0v) is 11.7. The van der Waals surface area contributed by atoms with Gasteiger partial charge in [-0.1, -0.05) is 11.6 Å². The number of nitrogens with zero attached hydrogens (tertiary/aromatic N) is 4. The van der Waals surface area contributed by atoms with Gasteiger partial charge < -0.3 is 0 Å². The van der Waals surface area contributed by atoms with Gasteiger partial charge in [-0.2, -0.15) is 14.6 Å². The van der Waals surface area contributed by atoms with E-state index in [-0.39, 0.29) is 11.3 Å². The van der Waals surface area contributed by atoms with E-state index in [2.05, 4.69) is 10.2 Å². The van der Waals surface area contributed by atoms with Gasteiger partial charge in [0.1, 0.15) is 11.4 Å². The molecule has 2 rings (SSSR count). The standard InChI is InChI=1S/C6H6F2N2O.C5H5ClF2N2/c1-10-2-4(3-11)5(9-10)6(7)8;1-10-4(7)2-3(9-10)5(6)8/h2-3,6H,1H3;2,5H,1H3. The quantitative estimate of drug-likeness (QED) is 0.495. The molecule has 1 atom stereocenters. The lowest BCUT2D eigenvalue weighted by atomic mass is 10.3. The van der Waals surface area contributed by atoms with Crippen molar-refractivity contribution in [3.8, 4) is 0 Å². The Labute approximate surface area is 122 Å². The molecule has 2 aromatic heterocycles. The summed E-state index contributed by atoms with van der Waals surface area (Å²) in [7, 11) is 2.86. The molecule has 0 radical (unpaired) electrons. The summed E-state index contributed by atoms with van der Waals surface area (Å²) in [6.45, 7) is 0. The van der Waals surface area contributed by atoms with E-state index >= 15 is 0 Å². The predicted octanol–water partition coefficient (Wildman–Crippen LogP) is 2.94. The average molecular weight is 327 g/mol. The van der Waals surface area contributed by atoms with Gasteiger partial charge in [0, 0.05) is 26.4 Å². The smallest absolute Gasteiger partial charge is 0.282 e. The molecule has 21 heavy (non-hydrogen) atoms. The molecule has 0 saturated carbocycles. The van der Waals surface area contributed by atoms with E-state index in [1.807, 2.05) is 0 Å². The molecule has 10 heteroatoms. The maximum absolute atomic E-state index is 12.4. The molecule has 0 aliphatic carbocycles. The number of halogens is 5. The summed E-state index contributed by atoms with van der Waals surface area (Å²) in [5, 5.41) is 6.86. The van der Waals surface area contributed by atoms with Crippen LogP contribution < -0.4 is 0 Å². The van der Waals surface area contributed by atoms with Gasteiger partial charge in [0.25, 0.3) is 6.43 Å². The number of hydrogen-bond donors (Lipinski definition) is 0. The second kappa shape index (κ2) is 7.21. The lowest BCUT2D eigenvalue weighted by molar-refractivity contribution is 0.110. The monoisotopic (exact) mass is 326 g/mol. The number of rotatable bonds is 3. The molecular weight excluding hydrogens is 316 g/mol. The molecule has 0 aliphatic rings. The van der Waals surface area contributed by atoms with Crippen molar-refractivity contribution in [3.05, 3.63) is 35.2 Å². The van der Waals surface area contributed by atoms with Crippen molar-refractivity contribution in [1.82, 2.24) is 19.6 Å². The molecule has 0 aromatic carbocycles. The van der Waals surface area contributed by atoms with E-state index in [0.29, 0.717) is 6.29 Å². The fourth-order valence-corrected chi connectivity index (χ4v) is 1.46. The minimum atomic E-state index is -2.68. The Morgan fingerprint density at radius 3 is 2.19 bits per heavy atom. The van der Waals surface area contributed by atoms with E-state index in [9.17, 15) is 22.4 Å². The molecule has 5 nitrogen and oxygen atoms in total. The van der Waals surface area contributed by atoms with Gasteiger partial charge in [0.05, 0.1) is 5.56 Å². The summed E-state index contributed by atoms with van der Waals surface area (Å²) < 4.78 is 50.6. The van der Waals surface area contributed by atoms with Crippen LogP contribution in [0.5, 0.6) is 0 Å². The Hall–Kier alpha value is -1.90. The number of carbonyl (C=O) groups is 1. The summed E-state index contributed by atoms with van der Waals surface area (Å²) in [6.07, 6.45) is -1.06. The highest BCUT2D eigenvalue weighted by Gasteiger charge is 2.16. The first-order valence-corrected chi connectivity index (χ1v) is 5.94. The van der Waals surface area contributed by atoms with Gasteiger partial charge in [-0.05, 0) is 0 Å². The first-order chi connectivity index (χ1) is 9.76. The number of aldehydes is 1. The fraction of sp³-hybridized carbons (Fsp3) is 0.364. The van der Waals surface area contributed by atoms with Crippen LogP contribution >= 0.6 is 11.6 Å². The van der Waals surface area contributed by atoms with E-state index in [1.54, 1.807) is 0 Å². The summed E-state index contributed by atoms with van der Waals surface area (Å²) in [5.41, 5.74) is -2.33. The second-order valence-electron chi connectivity index (χ2n) is 3.88. The number of alkyl halides is 4. The Morgan fingerprint density at radius 1 is 1.29 bits per heavy atom. The van der Waals surface area contributed by atoms with Crippen molar-refractivity contribution in [2.75, 3.05) is 0 Å². The van der Waals surface area contributed by atoms with Crippen molar-refractivity contribution in [2.45, 2.75) is 12.1 Å². The van der Waals surface area contributed by atoms with Crippen LogP contribution in [0.4, 0.5) is 17.6 Å². The van der Waals surface area contributed by atoms with E-state index in [1.165, 1.54) is 25.0 Å². The molecular formula is C11H11ClF4N4O.